The lowest BCUT2D eigenvalue weighted by atomic mass is 10.1. The molecule has 1 aromatic heterocycles. The van der Waals surface area contributed by atoms with Crippen LogP contribution in [0, 0.1) is 5.82 Å². The lowest BCUT2D eigenvalue weighted by Crippen LogP contribution is -2.24. The number of benzene rings is 2. The van der Waals surface area contributed by atoms with Crippen LogP contribution in [-0.4, -0.2) is 33.4 Å². The standard InChI is InChI=1S/C20H18FN5O2/c21-17-8-7-16(26-10-1-2-19(26)27)12-18(17)23-20(28)15-5-3-14(4-6-15)13-25-11-9-22-24-25/h3-9,11-12H,1-2,10,13H2,(H,23,28). The summed E-state index contributed by atoms with van der Waals surface area (Å²) in [6, 6.07) is 11.3. The maximum absolute atomic E-state index is 14.2. The quantitative estimate of drug-likeness (QED) is 0.739. The summed E-state index contributed by atoms with van der Waals surface area (Å²) in [5.41, 5.74) is 2.00. The van der Waals surface area contributed by atoms with Crippen LogP contribution >= 0.6 is 0 Å². The van der Waals surface area contributed by atoms with Crippen molar-refractivity contribution in [1.29, 1.82) is 0 Å². The van der Waals surface area contributed by atoms with Crippen LogP contribution in [0.4, 0.5) is 15.8 Å². The maximum Gasteiger partial charge on any atom is 0.255 e. The Bertz CT molecular complexity index is 1000. The lowest BCUT2D eigenvalue weighted by Gasteiger charge is -2.17. The zero-order valence-corrected chi connectivity index (χ0v) is 15.0. The number of hydrogen-bond acceptors (Lipinski definition) is 4. The van der Waals surface area contributed by atoms with Gasteiger partial charge in [-0.25, -0.2) is 9.07 Å². The molecule has 28 heavy (non-hydrogen) atoms. The number of amides is 2. The number of nitrogens with one attached hydrogen (secondary N) is 1. The average molecular weight is 379 g/mol. The van der Waals surface area contributed by atoms with Crippen LogP contribution in [0.2, 0.25) is 0 Å². The Morgan fingerprint density at radius 2 is 2.00 bits per heavy atom. The molecule has 3 aromatic rings. The molecule has 1 aliphatic rings. The number of hydrogen-bond donors (Lipinski definition) is 1. The second kappa shape index (κ2) is 7.59. The summed E-state index contributed by atoms with van der Waals surface area (Å²) in [6.07, 6.45) is 4.61. The van der Waals surface area contributed by atoms with Gasteiger partial charge in [0, 0.05) is 30.4 Å². The van der Waals surface area contributed by atoms with E-state index in [-0.39, 0.29) is 11.6 Å². The fourth-order valence-electron chi connectivity index (χ4n) is 3.16. The number of carbonyl (C=O) groups excluding carboxylic acids is 2. The Hall–Kier alpha value is -3.55. The summed E-state index contributed by atoms with van der Waals surface area (Å²) in [6.45, 7) is 1.15. The van der Waals surface area contributed by atoms with Gasteiger partial charge in [-0.1, -0.05) is 17.3 Å². The van der Waals surface area contributed by atoms with Crippen LogP contribution in [0.15, 0.2) is 54.9 Å². The predicted octanol–water partition coefficient (Wildman–Crippen LogP) is 2.84. The smallest absolute Gasteiger partial charge is 0.255 e. The van der Waals surface area contributed by atoms with Gasteiger partial charge in [0.1, 0.15) is 5.82 Å². The third-order valence-corrected chi connectivity index (χ3v) is 4.62. The average Bonchev–Trinajstić information content (AvgIpc) is 3.36. The van der Waals surface area contributed by atoms with E-state index in [2.05, 4.69) is 15.6 Å². The Kier molecular flexibility index (Phi) is 4.84. The number of aromatic nitrogens is 3. The third-order valence-electron chi connectivity index (χ3n) is 4.62. The first-order chi connectivity index (χ1) is 13.6. The van der Waals surface area contributed by atoms with Crippen molar-refractivity contribution in [2.24, 2.45) is 0 Å². The van der Waals surface area contributed by atoms with E-state index >= 15 is 0 Å². The van der Waals surface area contributed by atoms with Gasteiger partial charge < -0.3 is 10.2 Å². The zero-order chi connectivity index (χ0) is 19.5. The van der Waals surface area contributed by atoms with E-state index in [1.165, 1.54) is 12.1 Å². The summed E-state index contributed by atoms with van der Waals surface area (Å²) in [5.74, 6) is -0.963. The normalized spacial score (nSPS) is 13.8. The van der Waals surface area contributed by atoms with Gasteiger partial charge in [0.25, 0.3) is 5.91 Å². The van der Waals surface area contributed by atoms with Crippen LogP contribution in [0.3, 0.4) is 0 Å². The molecule has 1 saturated heterocycles. The van der Waals surface area contributed by atoms with Gasteiger partial charge in [0.05, 0.1) is 18.4 Å². The van der Waals surface area contributed by atoms with E-state index in [1.54, 1.807) is 40.2 Å². The Labute approximate surface area is 160 Å². The third kappa shape index (κ3) is 3.75. The van der Waals surface area contributed by atoms with Gasteiger partial charge in [-0.05, 0) is 42.3 Å². The number of anilines is 2. The van der Waals surface area contributed by atoms with Crippen molar-refractivity contribution >= 4 is 23.2 Å². The molecule has 2 aromatic carbocycles. The highest BCUT2D eigenvalue weighted by molar-refractivity contribution is 6.05. The lowest BCUT2D eigenvalue weighted by molar-refractivity contribution is -0.117. The van der Waals surface area contributed by atoms with E-state index in [9.17, 15) is 14.0 Å². The molecule has 0 saturated carbocycles. The van der Waals surface area contributed by atoms with Crippen LogP contribution in [0.1, 0.15) is 28.8 Å². The summed E-state index contributed by atoms with van der Waals surface area (Å²) in [4.78, 5) is 26.0. The molecular weight excluding hydrogens is 361 g/mol. The molecule has 2 heterocycles. The van der Waals surface area contributed by atoms with Crippen molar-refractivity contribution in [3.05, 3.63) is 71.8 Å². The SMILES string of the molecule is O=C(Nc1cc(N2CCCC2=O)ccc1F)c1ccc(Cn2ccnn2)cc1. The fraction of sp³-hybridized carbons (Fsp3) is 0.200. The highest BCUT2D eigenvalue weighted by atomic mass is 19.1. The fourth-order valence-corrected chi connectivity index (χ4v) is 3.16. The van der Waals surface area contributed by atoms with E-state index in [0.29, 0.717) is 30.8 Å². The Morgan fingerprint density at radius 1 is 1.18 bits per heavy atom. The van der Waals surface area contributed by atoms with Gasteiger partial charge in [-0.15, -0.1) is 5.10 Å². The minimum atomic E-state index is -0.549. The summed E-state index contributed by atoms with van der Waals surface area (Å²) in [5, 5.41) is 10.2. The topological polar surface area (TPSA) is 80.1 Å². The maximum atomic E-state index is 14.2. The Morgan fingerprint density at radius 3 is 2.68 bits per heavy atom. The molecule has 142 valence electrons. The second-order valence-corrected chi connectivity index (χ2v) is 6.56. The molecule has 1 fully saturated rings. The molecule has 1 aliphatic heterocycles. The number of nitrogens with zero attached hydrogens (tertiary/aromatic N) is 4. The summed E-state index contributed by atoms with van der Waals surface area (Å²) >= 11 is 0. The largest absolute Gasteiger partial charge is 0.319 e. The van der Waals surface area contributed by atoms with Gasteiger partial charge >= 0.3 is 0 Å². The van der Waals surface area contributed by atoms with Crippen molar-refractivity contribution in [1.82, 2.24) is 15.0 Å². The minimum absolute atomic E-state index is 0.00635. The van der Waals surface area contributed by atoms with E-state index in [4.69, 9.17) is 0 Å². The van der Waals surface area contributed by atoms with Crippen molar-refractivity contribution < 1.29 is 14.0 Å². The monoisotopic (exact) mass is 379 g/mol. The number of rotatable bonds is 5. The zero-order valence-electron chi connectivity index (χ0n) is 15.0. The van der Waals surface area contributed by atoms with Crippen LogP contribution < -0.4 is 10.2 Å². The van der Waals surface area contributed by atoms with Crippen molar-refractivity contribution in [2.75, 3.05) is 16.8 Å². The predicted molar refractivity (Wildman–Crippen MR) is 102 cm³/mol. The van der Waals surface area contributed by atoms with Crippen LogP contribution in [0.5, 0.6) is 0 Å². The molecule has 0 bridgehead atoms. The molecule has 8 heteroatoms. The first kappa shape index (κ1) is 17.8. The van der Waals surface area contributed by atoms with Gasteiger partial charge in [-0.3, -0.25) is 9.59 Å². The first-order valence-corrected chi connectivity index (χ1v) is 8.94. The molecule has 2 amide bonds. The highest BCUT2D eigenvalue weighted by Crippen LogP contribution is 2.26. The molecule has 0 aliphatic carbocycles. The molecule has 4 rings (SSSR count). The summed E-state index contributed by atoms with van der Waals surface area (Å²) < 4.78 is 15.8. The first-order valence-electron chi connectivity index (χ1n) is 8.94. The van der Waals surface area contributed by atoms with Crippen molar-refractivity contribution in [3.63, 3.8) is 0 Å². The number of carbonyl (C=O) groups is 2. The van der Waals surface area contributed by atoms with Crippen LogP contribution in [0.25, 0.3) is 0 Å². The highest BCUT2D eigenvalue weighted by Gasteiger charge is 2.22. The molecule has 0 unspecified atom stereocenters. The van der Waals surface area contributed by atoms with Crippen LogP contribution in [-0.2, 0) is 11.3 Å². The van der Waals surface area contributed by atoms with Crippen molar-refractivity contribution in [2.45, 2.75) is 19.4 Å². The number of halogens is 1. The van der Waals surface area contributed by atoms with Crippen molar-refractivity contribution in [3.8, 4) is 0 Å². The molecular formula is C20H18FN5O2. The van der Waals surface area contributed by atoms with Gasteiger partial charge in [-0.2, -0.15) is 0 Å². The molecule has 0 radical (unpaired) electrons. The molecule has 7 nitrogen and oxygen atoms in total. The molecule has 0 spiro atoms. The Balaban J connectivity index is 1.48. The van der Waals surface area contributed by atoms with Gasteiger partial charge in [0.2, 0.25) is 5.91 Å². The van der Waals surface area contributed by atoms with E-state index < -0.39 is 11.7 Å². The minimum Gasteiger partial charge on any atom is -0.319 e. The summed E-state index contributed by atoms with van der Waals surface area (Å²) in [7, 11) is 0. The van der Waals surface area contributed by atoms with E-state index in [0.717, 1.165) is 12.0 Å². The molecule has 1 N–H and O–H groups in total. The van der Waals surface area contributed by atoms with E-state index in [1.807, 2.05) is 12.1 Å². The van der Waals surface area contributed by atoms with Gasteiger partial charge in [0.15, 0.2) is 0 Å². The molecule has 0 atom stereocenters. The second-order valence-electron chi connectivity index (χ2n) is 6.56.